The summed E-state index contributed by atoms with van der Waals surface area (Å²) in [4.78, 5) is 12.8. The summed E-state index contributed by atoms with van der Waals surface area (Å²) in [5.41, 5.74) is 1.92. The van der Waals surface area contributed by atoms with Gasteiger partial charge in [0.25, 0.3) is 0 Å². The number of hydrogen-bond acceptors (Lipinski definition) is 3. The van der Waals surface area contributed by atoms with Crippen LogP contribution in [0, 0.1) is 20.8 Å². The van der Waals surface area contributed by atoms with E-state index in [4.69, 9.17) is 0 Å². The van der Waals surface area contributed by atoms with Crippen LogP contribution >= 0.6 is 0 Å². The molecule has 1 atom stereocenters. The molecule has 0 spiro atoms. The Bertz CT molecular complexity index is 1010. The van der Waals surface area contributed by atoms with Crippen molar-refractivity contribution in [3.63, 3.8) is 0 Å². The molecule has 1 N–H and O–H groups in total. The third-order valence-electron chi connectivity index (χ3n) is 4.44. The number of nitrogens with zero attached hydrogens (tertiary/aromatic N) is 1. The molecule has 0 heterocycles. The predicted octanol–water partition coefficient (Wildman–Crippen LogP) is 4.42. The Labute approximate surface area is 168 Å². The van der Waals surface area contributed by atoms with E-state index in [0.717, 1.165) is 35.1 Å². The number of rotatable bonds is 5. The Morgan fingerprint density at radius 2 is 1.62 bits per heavy atom. The molecule has 0 aromatic heterocycles. The summed E-state index contributed by atoms with van der Waals surface area (Å²) in [5, 5.41) is 2.71. The van der Waals surface area contributed by atoms with Gasteiger partial charge in [-0.05, 0) is 57.0 Å². The van der Waals surface area contributed by atoms with Gasteiger partial charge in [-0.3, -0.25) is 9.10 Å². The monoisotopic (exact) mass is 428 g/mol. The molecule has 158 valence electrons. The maximum absolute atomic E-state index is 13.0. The van der Waals surface area contributed by atoms with Gasteiger partial charge < -0.3 is 5.32 Å². The van der Waals surface area contributed by atoms with Crippen molar-refractivity contribution in [2.45, 2.75) is 39.9 Å². The van der Waals surface area contributed by atoms with E-state index in [9.17, 15) is 26.4 Å². The SMILES string of the molecule is Cc1cc(C)c(NC(=O)[C@H](C)N(c2cccc(C(F)(F)F)c2)S(C)(=O)=O)c(C)c1. The minimum absolute atomic E-state index is 0.234. The minimum atomic E-state index is -4.64. The highest BCUT2D eigenvalue weighted by Gasteiger charge is 2.34. The van der Waals surface area contributed by atoms with Crippen molar-refractivity contribution in [3.8, 4) is 0 Å². The summed E-state index contributed by atoms with van der Waals surface area (Å²) in [6.07, 6.45) is -3.79. The molecule has 9 heteroatoms. The van der Waals surface area contributed by atoms with Gasteiger partial charge in [-0.15, -0.1) is 0 Å². The number of amides is 1. The first kappa shape index (κ1) is 22.7. The Morgan fingerprint density at radius 3 is 2.10 bits per heavy atom. The molecular weight excluding hydrogens is 405 g/mol. The van der Waals surface area contributed by atoms with Crippen LogP contribution < -0.4 is 9.62 Å². The van der Waals surface area contributed by atoms with Gasteiger partial charge >= 0.3 is 6.18 Å². The molecule has 0 saturated carbocycles. The lowest BCUT2D eigenvalue weighted by Crippen LogP contribution is -2.45. The van der Waals surface area contributed by atoms with Crippen LogP contribution in [0.2, 0.25) is 0 Å². The van der Waals surface area contributed by atoms with Gasteiger partial charge in [0.05, 0.1) is 17.5 Å². The van der Waals surface area contributed by atoms with Crippen LogP contribution in [0.25, 0.3) is 0 Å². The fourth-order valence-corrected chi connectivity index (χ4v) is 4.40. The molecule has 0 saturated heterocycles. The first-order chi connectivity index (χ1) is 13.2. The maximum atomic E-state index is 13.0. The molecule has 2 aromatic rings. The molecule has 0 radical (unpaired) electrons. The lowest BCUT2D eigenvalue weighted by molar-refractivity contribution is -0.137. The van der Waals surface area contributed by atoms with E-state index in [1.165, 1.54) is 13.0 Å². The second-order valence-electron chi connectivity index (χ2n) is 7.05. The third kappa shape index (κ3) is 5.29. The Morgan fingerprint density at radius 1 is 1.07 bits per heavy atom. The van der Waals surface area contributed by atoms with Crippen LogP contribution in [-0.2, 0) is 21.0 Å². The summed E-state index contributed by atoms with van der Waals surface area (Å²) in [5.74, 6) is -0.650. The fraction of sp³-hybridized carbons (Fsp3) is 0.350. The zero-order valence-electron chi connectivity index (χ0n) is 16.8. The highest BCUT2D eigenvalue weighted by Crippen LogP contribution is 2.33. The molecule has 0 aliphatic rings. The number of anilines is 2. The van der Waals surface area contributed by atoms with Crippen molar-refractivity contribution in [1.29, 1.82) is 0 Å². The van der Waals surface area contributed by atoms with E-state index >= 15 is 0 Å². The van der Waals surface area contributed by atoms with E-state index in [1.807, 2.05) is 19.1 Å². The summed E-state index contributed by atoms with van der Waals surface area (Å²) >= 11 is 0. The van der Waals surface area contributed by atoms with Crippen LogP contribution in [0.5, 0.6) is 0 Å². The molecule has 0 aliphatic heterocycles. The largest absolute Gasteiger partial charge is 0.416 e. The number of nitrogens with one attached hydrogen (secondary N) is 1. The second kappa shape index (κ2) is 8.06. The number of aryl methyl sites for hydroxylation is 3. The molecule has 29 heavy (non-hydrogen) atoms. The molecule has 5 nitrogen and oxygen atoms in total. The van der Waals surface area contributed by atoms with Crippen LogP contribution in [0.1, 0.15) is 29.2 Å². The molecule has 0 fully saturated rings. The second-order valence-corrected chi connectivity index (χ2v) is 8.91. The summed E-state index contributed by atoms with van der Waals surface area (Å²) in [7, 11) is -4.04. The molecule has 1 amide bonds. The predicted molar refractivity (Wildman–Crippen MR) is 108 cm³/mol. The smallest absolute Gasteiger partial charge is 0.324 e. The van der Waals surface area contributed by atoms with Crippen LogP contribution in [0.3, 0.4) is 0 Å². The fourth-order valence-electron chi connectivity index (χ4n) is 3.23. The van der Waals surface area contributed by atoms with Gasteiger partial charge in [-0.2, -0.15) is 13.2 Å². The molecule has 0 bridgehead atoms. The molecule has 2 rings (SSSR count). The topological polar surface area (TPSA) is 66.5 Å². The van der Waals surface area contributed by atoms with E-state index in [1.54, 1.807) is 13.8 Å². The number of sulfonamides is 1. The Kier molecular flexibility index (Phi) is 6.32. The van der Waals surface area contributed by atoms with E-state index in [0.29, 0.717) is 16.1 Å². The van der Waals surface area contributed by atoms with E-state index in [-0.39, 0.29) is 5.69 Å². The van der Waals surface area contributed by atoms with Gasteiger partial charge in [0.2, 0.25) is 15.9 Å². The van der Waals surface area contributed by atoms with Gasteiger partial charge in [0.15, 0.2) is 0 Å². The van der Waals surface area contributed by atoms with Crippen molar-refractivity contribution >= 4 is 27.3 Å². The zero-order valence-corrected chi connectivity index (χ0v) is 17.6. The normalized spacial score (nSPS) is 13.1. The van der Waals surface area contributed by atoms with Gasteiger partial charge in [-0.1, -0.05) is 23.8 Å². The van der Waals surface area contributed by atoms with Crippen molar-refractivity contribution < 1.29 is 26.4 Å². The van der Waals surface area contributed by atoms with Crippen LogP contribution in [0.15, 0.2) is 36.4 Å². The van der Waals surface area contributed by atoms with E-state index < -0.39 is 33.7 Å². The number of hydrogen-bond donors (Lipinski definition) is 1. The quantitative estimate of drug-likeness (QED) is 0.767. The van der Waals surface area contributed by atoms with Gasteiger partial charge in [0.1, 0.15) is 6.04 Å². The Balaban J connectivity index is 2.43. The van der Waals surface area contributed by atoms with Crippen molar-refractivity contribution in [2.24, 2.45) is 0 Å². The number of benzene rings is 2. The summed E-state index contributed by atoms with van der Waals surface area (Å²) in [6, 6.07) is 6.36. The highest BCUT2D eigenvalue weighted by molar-refractivity contribution is 7.92. The third-order valence-corrected chi connectivity index (χ3v) is 5.68. The summed E-state index contributed by atoms with van der Waals surface area (Å²) < 4.78 is 64.5. The van der Waals surface area contributed by atoms with Crippen LogP contribution in [-0.4, -0.2) is 26.6 Å². The number of carbonyl (C=O) groups is 1. The molecule has 0 unspecified atom stereocenters. The maximum Gasteiger partial charge on any atom is 0.416 e. The minimum Gasteiger partial charge on any atom is -0.324 e. The van der Waals surface area contributed by atoms with Crippen LogP contribution in [0.4, 0.5) is 24.5 Å². The average Bonchev–Trinajstić information content (AvgIpc) is 2.56. The lowest BCUT2D eigenvalue weighted by Gasteiger charge is -2.29. The average molecular weight is 428 g/mol. The van der Waals surface area contributed by atoms with Gasteiger partial charge in [0, 0.05) is 5.69 Å². The summed E-state index contributed by atoms with van der Waals surface area (Å²) in [6.45, 7) is 6.85. The number of alkyl halides is 3. The highest BCUT2D eigenvalue weighted by atomic mass is 32.2. The van der Waals surface area contributed by atoms with Crippen molar-refractivity contribution in [3.05, 3.63) is 58.7 Å². The van der Waals surface area contributed by atoms with Crippen molar-refractivity contribution in [1.82, 2.24) is 0 Å². The zero-order chi connectivity index (χ0) is 22.1. The molecule has 2 aromatic carbocycles. The lowest BCUT2D eigenvalue weighted by atomic mass is 10.0. The first-order valence-electron chi connectivity index (χ1n) is 8.77. The standard InChI is InChI=1S/C20H23F3N2O3S/c1-12-9-13(2)18(14(3)10-12)24-19(26)15(4)25(29(5,27)28)17-8-6-7-16(11-17)20(21,22)23/h6-11,15H,1-5H3,(H,24,26)/t15-/m0/s1. The van der Waals surface area contributed by atoms with E-state index in [2.05, 4.69) is 5.32 Å². The molecule has 0 aliphatic carbocycles. The van der Waals surface area contributed by atoms with Crippen molar-refractivity contribution in [2.75, 3.05) is 15.9 Å². The first-order valence-corrected chi connectivity index (χ1v) is 10.6. The number of carbonyl (C=O) groups excluding carboxylic acids is 1. The molecular formula is C20H23F3N2O3S. The van der Waals surface area contributed by atoms with Gasteiger partial charge in [-0.25, -0.2) is 8.42 Å². The Hall–Kier alpha value is -2.55. The number of halogens is 3.